The van der Waals surface area contributed by atoms with Gasteiger partial charge in [0.15, 0.2) is 0 Å². The average molecular weight is 314 g/mol. The van der Waals surface area contributed by atoms with Gasteiger partial charge in [-0.2, -0.15) is 8.78 Å². The van der Waals surface area contributed by atoms with Crippen molar-refractivity contribution in [1.82, 2.24) is 10.6 Å². The predicted molar refractivity (Wildman–Crippen MR) is 76.8 cm³/mol. The number of hydrogen-bond donors (Lipinski definition) is 2. The van der Waals surface area contributed by atoms with Gasteiger partial charge in [0.2, 0.25) is 5.91 Å². The van der Waals surface area contributed by atoms with Crippen LogP contribution >= 0.6 is 0 Å². The number of piperidine rings is 1. The quantitative estimate of drug-likeness (QED) is 0.804. The molecule has 0 aliphatic carbocycles. The number of hydrogen-bond acceptors (Lipinski definition) is 4. The van der Waals surface area contributed by atoms with Crippen molar-refractivity contribution in [2.45, 2.75) is 32.1 Å². The fraction of sp³-hybridized carbons (Fsp3) is 0.533. The zero-order chi connectivity index (χ0) is 15.8. The van der Waals surface area contributed by atoms with Crippen molar-refractivity contribution in [3.8, 4) is 5.75 Å². The molecule has 0 spiro atoms. The monoisotopic (exact) mass is 314 g/mol. The Hall–Kier alpha value is -1.73. The topological polar surface area (TPSA) is 59.6 Å². The lowest BCUT2D eigenvalue weighted by Crippen LogP contribution is -2.35. The zero-order valence-corrected chi connectivity index (χ0v) is 12.2. The Morgan fingerprint density at radius 1 is 1.27 bits per heavy atom. The molecule has 0 radical (unpaired) electrons. The standard InChI is InChI=1S/C15H20F2N2O3/c16-15(17)22-13-3-1-11(2-4-13)9-19-14(20)10-21-12-5-7-18-8-6-12/h1-4,12,15,18H,5-10H2,(H,19,20). The minimum absolute atomic E-state index is 0.0389. The van der Waals surface area contributed by atoms with Gasteiger partial charge in [-0.3, -0.25) is 4.79 Å². The maximum absolute atomic E-state index is 12.0. The Labute approximate surface area is 128 Å². The van der Waals surface area contributed by atoms with Gasteiger partial charge in [-0.1, -0.05) is 12.1 Å². The van der Waals surface area contributed by atoms with Gasteiger partial charge in [0.1, 0.15) is 12.4 Å². The largest absolute Gasteiger partial charge is 0.435 e. The summed E-state index contributed by atoms with van der Waals surface area (Å²) in [7, 11) is 0. The van der Waals surface area contributed by atoms with Crippen molar-refractivity contribution in [2.24, 2.45) is 0 Å². The van der Waals surface area contributed by atoms with Crippen molar-refractivity contribution in [1.29, 1.82) is 0 Å². The molecule has 0 aromatic heterocycles. The van der Waals surface area contributed by atoms with Crippen molar-refractivity contribution < 1.29 is 23.0 Å². The molecular formula is C15H20F2N2O3. The molecule has 1 aliphatic heterocycles. The highest BCUT2D eigenvalue weighted by molar-refractivity contribution is 5.77. The molecule has 0 bridgehead atoms. The van der Waals surface area contributed by atoms with Crippen molar-refractivity contribution in [2.75, 3.05) is 19.7 Å². The molecule has 7 heteroatoms. The summed E-state index contributed by atoms with van der Waals surface area (Å²) in [6.45, 7) is -0.642. The van der Waals surface area contributed by atoms with Crippen molar-refractivity contribution in [3.63, 3.8) is 0 Å². The molecule has 0 saturated carbocycles. The number of halogens is 2. The predicted octanol–water partition coefficient (Wildman–Crippen LogP) is 1.67. The first-order valence-corrected chi connectivity index (χ1v) is 7.26. The molecule has 1 amide bonds. The molecule has 1 aromatic carbocycles. The summed E-state index contributed by atoms with van der Waals surface area (Å²) in [6.07, 6.45) is 1.97. The Kier molecular flexibility index (Phi) is 6.54. The van der Waals surface area contributed by atoms with Crippen LogP contribution in [0.15, 0.2) is 24.3 Å². The summed E-state index contributed by atoms with van der Waals surface area (Å²) < 4.78 is 33.8. The lowest BCUT2D eigenvalue weighted by atomic mass is 10.1. The second kappa shape index (κ2) is 8.65. The van der Waals surface area contributed by atoms with E-state index in [4.69, 9.17) is 4.74 Å². The lowest BCUT2D eigenvalue weighted by molar-refractivity contribution is -0.128. The van der Waals surface area contributed by atoms with Crippen LogP contribution in [0.25, 0.3) is 0 Å². The van der Waals surface area contributed by atoms with Crippen LogP contribution in [-0.2, 0) is 16.1 Å². The first-order chi connectivity index (χ1) is 10.6. The number of carbonyl (C=O) groups excluding carboxylic acids is 1. The normalized spacial score (nSPS) is 15.8. The number of rotatable bonds is 7. The molecule has 1 aliphatic rings. The number of benzene rings is 1. The van der Waals surface area contributed by atoms with Crippen LogP contribution < -0.4 is 15.4 Å². The van der Waals surface area contributed by atoms with Crippen LogP contribution in [0.2, 0.25) is 0 Å². The van der Waals surface area contributed by atoms with Crippen molar-refractivity contribution >= 4 is 5.91 Å². The van der Waals surface area contributed by atoms with E-state index in [9.17, 15) is 13.6 Å². The first kappa shape index (κ1) is 16.6. The first-order valence-electron chi connectivity index (χ1n) is 7.26. The third-order valence-corrected chi connectivity index (χ3v) is 3.37. The Morgan fingerprint density at radius 2 is 1.95 bits per heavy atom. The smallest absolute Gasteiger partial charge is 0.387 e. The molecule has 1 heterocycles. The summed E-state index contributed by atoms with van der Waals surface area (Å²) in [6, 6.07) is 6.15. The van der Waals surface area contributed by atoms with Gasteiger partial charge in [-0.25, -0.2) is 0 Å². The zero-order valence-electron chi connectivity index (χ0n) is 12.2. The Morgan fingerprint density at radius 3 is 2.59 bits per heavy atom. The van der Waals surface area contributed by atoms with E-state index in [1.165, 1.54) is 12.1 Å². The highest BCUT2D eigenvalue weighted by Crippen LogP contribution is 2.14. The van der Waals surface area contributed by atoms with Gasteiger partial charge in [0.05, 0.1) is 6.10 Å². The van der Waals surface area contributed by atoms with Crippen LogP contribution in [0.5, 0.6) is 5.75 Å². The molecule has 0 unspecified atom stereocenters. The minimum atomic E-state index is -2.84. The summed E-state index contributed by atoms with van der Waals surface area (Å²) in [5, 5.41) is 5.96. The Balaban J connectivity index is 1.67. The number of alkyl halides is 2. The van der Waals surface area contributed by atoms with E-state index in [0.29, 0.717) is 6.54 Å². The summed E-state index contributed by atoms with van der Waals surface area (Å²) in [5.74, 6) is -0.0919. The maximum Gasteiger partial charge on any atom is 0.387 e. The van der Waals surface area contributed by atoms with E-state index < -0.39 is 6.61 Å². The lowest BCUT2D eigenvalue weighted by Gasteiger charge is -2.22. The van der Waals surface area contributed by atoms with E-state index in [2.05, 4.69) is 15.4 Å². The molecule has 2 rings (SSSR count). The fourth-order valence-electron chi connectivity index (χ4n) is 2.20. The van der Waals surface area contributed by atoms with Crippen LogP contribution in [0.1, 0.15) is 18.4 Å². The van der Waals surface area contributed by atoms with Crippen LogP contribution in [-0.4, -0.2) is 38.3 Å². The van der Waals surface area contributed by atoms with Crippen molar-refractivity contribution in [3.05, 3.63) is 29.8 Å². The summed E-state index contributed by atoms with van der Waals surface area (Å²) >= 11 is 0. The molecule has 1 aromatic rings. The number of nitrogens with one attached hydrogen (secondary N) is 2. The number of amides is 1. The summed E-state index contributed by atoms with van der Waals surface area (Å²) in [5.41, 5.74) is 0.803. The molecular weight excluding hydrogens is 294 g/mol. The molecule has 5 nitrogen and oxygen atoms in total. The van der Waals surface area contributed by atoms with Crippen LogP contribution in [0.3, 0.4) is 0 Å². The second-order valence-electron chi connectivity index (χ2n) is 5.06. The van der Waals surface area contributed by atoms with Crippen LogP contribution in [0.4, 0.5) is 8.78 Å². The molecule has 22 heavy (non-hydrogen) atoms. The summed E-state index contributed by atoms with van der Waals surface area (Å²) in [4.78, 5) is 11.7. The van der Waals surface area contributed by atoms with E-state index >= 15 is 0 Å². The SMILES string of the molecule is O=C(COC1CCNCC1)NCc1ccc(OC(F)F)cc1. The highest BCUT2D eigenvalue weighted by Gasteiger charge is 2.14. The maximum atomic E-state index is 12.0. The van der Waals surface area contributed by atoms with Gasteiger partial charge in [0.25, 0.3) is 0 Å². The third kappa shape index (κ3) is 5.95. The molecule has 1 saturated heterocycles. The van der Waals surface area contributed by atoms with E-state index in [-0.39, 0.29) is 24.4 Å². The van der Waals surface area contributed by atoms with Gasteiger partial charge in [0, 0.05) is 6.54 Å². The fourth-order valence-corrected chi connectivity index (χ4v) is 2.20. The third-order valence-electron chi connectivity index (χ3n) is 3.37. The highest BCUT2D eigenvalue weighted by atomic mass is 19.3. The molecule has 122 valence electrons. The number of ether oxygens (including phenoxy) is 2. The number of carbonyl (C=O) groups is 1. The molecule has 1 fully saturated rings. The average Bonchev–Trinajstić information content (AvgIpc) is 2.53. The van der Waals surface area contributed by atoms with Gasteiger partial charge >= 0.3 is 6.61 Å². The van der Waals surface area contributed by atoms with E-state index in [1.807, 2.05) is 0 Å². The van der Waals surface area contributed by atoms with Gasteiger partial charge in [-0.05, 0) is 43.6 Å². The van der Waals surface area contributed by atoms with E-state index in [1.54, 1.807) is 12.1 Å². The Bertz CT molecular complexity index is 462. The molecule has 0 atom stereocenters. The van der Waals surface area contributed by atoms with Crippen LogP contribution in [0, 0.1) is 0 Å². The molecule has 2 N–H and O–H groups in total. The van der Waals surface area contributed by atoms with Gasteiger partial charge in [-0.15, -0.1) is 0 Å². The minimum Gasteiger partial charge on any atom is -0.435 e. The van der Waals surface area contributed by atoms with E-state index in [0.717, 1.165) is 31.5 Å². The second-order valence-corrected chi connectivity index (χ2v) is 5.06. The van der Waals surface area contributed by atoms with Gasteiger partial charge < -0.3 is 20.1 Å².